The Hall–Kier alpha value is -1.01. The Bertz CT molecular complexity index is 525. The van der Waals surface area contributed by atoms with E-state index < -0.39 is 20.9 Å². The quantitative estimate of drug-likeness (QED) is 0.854. The van der Waals surface area contributed by atoms with Crippen molar-refractivity contribution in [1.82, 2.24) is 9.29 Å². The Labute approximate surface area is 113 Å². The summed E-state index contributed by atoms with van der Waals surface area (Å²) in [6, 6.07) is 2.52. The zero-order chi connectivity index (χ0) is 13.9. The van der Waals surface area contributed by atoms with Crippen molar-refractivity contribution in [3.63, 3.8) is 0 Å². The minimum atomic E-state index is -3.78. The van der Waals surface area contributed by atoms with E-state index in [1.54, 1.807) is 0 Å². The zero-order valence-corrected chi connectivity index (χ0v) is 11.9. The molecule has 0 N–H and O–H groups in total. The number of nitrogens with zero attached hydrogens (tertiary/aromatic N) is 2. The molecule has 1 saturated heterocycles. The first-order valence-corrected chi connectivity index (χ1v) is 8.10. The highest BCUT2D eigenvalue weighted by atomic mass is 32.2. The Morgan fingerprint density at radius 1 is 1.42 bits per heavy atom. The van der Waals surface area contributed by atoms with E-state index in [-0.39, 0.29) is 0 Å². The van der Waals surface area contributed by atoms with Crippen LogP contribution in [0, 0.1) is 11.7 Å². The van der Waals surface area contributed by atoms with Gasteiger partial charge in [-0.1, -0.05) is 19.8 Å². The summed E-state index contributed by atoms with van der Waals surface area (Å²) in [6.45, 7) is 3.05. The summed E-state index contributed by atoms with van der Waals surface area (Å²) < 4.78 is 39.5. The van der Waals surface area contributed by atoms with Crippen molar-refractivity contribution in [3.05, 3.63) is 24.1 Å². The molecule has 2 rings (SSSR count). The smallest absolute Gasteiger partial charge is 0.241 e. The van der Waals surface area contributed by atoms with Crippen LogP contribution >= 0.6 is 0 Å². The molecule has 0 saturated carbocycles. The molecule has 0 aliphatic carbocycles. The van der Waals surface area contributed by atoms with Crippen molar-refractivity contribution in [3.8, 4) is 0 Å². The Balaban J connectivity index is 2.12. The average Bonchev–Trinajstić information content (AvgIpc) is 2.40. The first kappa shape index (κ1) is 14.4. The van der Waals surface area contributed by atoms with Crippen molar-refractivity contribution in [2.24, 2.45) is 5.92 Å². The van der Waals surface area contributed by atoms with Crippen molar-refractivity contribution in [2.45, 2.75) is 37.6 Å². The molecule has 0 spiro atoms. The number of halogens is 1. The van der Waals surface area contributed by atoms with Crippen LogP contribution in [0.5, 0.6) is 0 Å². The van der Waals surface area contributed by atoms with E-state index in [0.29, 0.717) is 19.0 Å². The SMILES string of the molecule is CCCC1CCN(S(=O)(=O)c2ncccc2F)CC1. The number of sulfonamides is 1. The zero-order valence-electron chi connectivity index (χ0n) is 11.0. The van der Waals surface area contributed by atoms with E-state index in [0.717, 1.165) is 31.7 Å². The molecule has 0 aromatic carbocycles. The summed E-state index contributed by atoms with van der Waals surface area (Å²) in [4.78, 5) is 3.68. The lowest BCUT2D eigenvalue weighted by molar-refractivity contribution is 0.261. The van der Waals surface area contributed by atoms with Gasteiger partial charge in [0.2, 0.25) is 5.03 Å². The third kappa shape index (κ3) is 3.12. The topological polar surface area (TPSA) is 50.3 Å². The van der Waals surface area contributed by atoms with Crippen LogP contribution in [0.3, 0.4) is 0 Å². The number of rotatable bonds is 4. The lowest BCUT2D eigenvalue weighted by Gasteiger charge is -2.30. The lowest BCUT2D eigenvalue weighted by atomic mass is 9.94. The number of pyridine rings is 1. The summed E-state index contributed by atoms with van der Waals surface area (Å²) in [5, 5.41) is -0.455. The van der Waals surface area contributed by atoms with Crippen molar-refractivity contribution in [1.29, 1.82) is 0 Å². The Morgan fingerprint density at radius 2 is 2.11 bits per heavy atom. The van der Waals surface area contributed by atoms with Crippen LogP contribution in [0.1, 0.15) is 32.6 Å². The average molecular weight is 286 g/mol. The van der Waals surface area contributed by atoms with Crippen molar-refractivity contribution in [2.75, 3.05) is 13.1 Å². The summed E-state index contributed by atoms with van der Waals surface area (Å²) in [5.41, 5.74) is 0. The third-order valence-electron chi connectivity index (χ3n) is 3.58. The van der Waals surface area contributed by atoms with Gasteiger partial charge in [-0.3, -0.25) is 0 Å². The van der Waals surface area contributed by atoms with Crippen LogP contribution in [0.15, 0.2) is 23.4 Å². The molecular formula is C13H19FN2O2S. The van der Waals surface area contributed by atoms with E-state index in [2.05, 4.69) is 11.9 Å². The summed E-state index contributed by atoms with van der Waals surface area (Å²) >= 11 is 0. The molecular weight excluding hydrogens is 267 g/mol. The first-order chi connectivity index (χ1) is 9.05. The highest BCUT2D eigenvalue weighted by molar-refractivity contribution is 7.89. The van der Waals surface area contributed by atoms with E-state index >= 15 is 0 Å². The molecule has 1 fully saturated rings. The molecule has 106 valence electrons. The van der Waals surface area contributed by atoms with Crippen LogP contribution in [-0.2, 0) is 10.0 Å². The van der Waals surface area contributed by atoms with Gasteiger partial charge in [-0.2, -0.15) is 4.31 Å². The number of piperidine rings is 1. The summed E-state index contributed by atoms with van der Waals surface area (Å²) in [6.07, 6.45) is 5.25. The molecule has 1 aromatic rings. The Morgan fingerprint density at radius 3 is 2.68 bits per heavy atom. The summed E-state index contributed by atoms with van der Waals surface area (Å²) in [7, 11) is -3.78. The highest BCUT2D eigenvalue weighted by Gasteiger charge is 2.31. The molecule has 0 radical (unpaired) electrons. The fourth-order valence-electron chi connectivity index (χ4n) is 2.53. The molecule has 4 nitrogen and oxygen atoms in total. The minimum absolute atomic E-state index is 0.455. The number of hydrogen-bond donors (Lipinski definition) is 0. The minimum Gasteiger partial charge on any atom is -0.241 e. The molecule has 19 heavy (non-hydrogen) atoms. The van der Waals surface area contributed by atoms with Gasteiger partial charge in [0.25, 0.3) is 10.0 Å². The van der Waals surface area contributed by atoms with Crippen molar-refractivity contribution >= 4 is 10.0 Å². The van der Waals surface area contributed by atoms with Crippen LogP contribution in [-0.4, -0.2) is 30.8 Å². The maximum atomic E-state index is 13.6. The normalized spacial score (nSPS) is 18.6. The van der Waals surface area contributed by atoms with Gasteiger partial charge in [0, 0.05) is 19.3 Å². The fraction of sp³-hybridized carbons (Fsp3) is 0.615. The molecule has 6 heteroatoms. The van der Waals surface area contributed by atoms with Gasteiger partial charge in [0.1, 0.15) is 0 Å². The van der Waals surface area contributed by atoms with E-state index in [1.807, 2.05) is 0 Å². The maximum absolute atomic E-state index is 13.6. The second-order valence-corrected chi connectivity index (χ2v) is 6.78. The van der Waals surface area contributed by atoms with Gasteiger partial charge >= 0.3 is 0 Å². The molecule has 0 bridgehead atoms. The van der Waals surface area contributed by atoms with E-state index in [9.17, 15) is 12.8 Å². The molecule has 1 aliphatic rings. The number of aromatic nitrogens is 1. The Kier molecular flexibility index (Phi) is 4.52. The lowest BCUT2D eigenvalue weighted by Crippen LogP contribution is -2.39. The highest BCUT2D eigenvalue weighted by Crippen LogP contribution is 2.26. The fourth-order valence-corrected chi connectivity index (χ4v) is 3.97. The molecule has 2 heterocycles. The number of hydrogen-bond acceptors (Lipinski definition) is 3. The molecule has 1 aromatic heterocycles. The van der Waals surface area contributed by atoms with Gasteiger partial charge in [-0.05, 0) is 30.9 Å². The second kappa shape index (κ2) is 5.96. The van der Waals surface area contributed by atoms with Gasteiger partial charge in [0.15, 0.2) is 5.82 Å². The van der Waals surface area contributed by atoms with Gasteiger partial charge < -0.3 is 0 Å². The van der Waals surface area contributed by atoms with Crippen LogP contribution in [0.25, 0.3) is 0 Å². The van der Waals surface area contributed by atoms with Crippen LogP contribution in [0.2, 0.25) is 0 Å². The van der Waals surface area contributed by atoms with E-state index in [1.165, 1.54) is 16.6 Å². The van der Waals surface area contributed by atoms with Crippen LogP contribution < -0.4 is 0 Å². The summed E-state index contributed by atoms with van der Waals surface area (Å²) in [5.74, 6) is -0.191. The van der Waals surface area contributed by atoms with Crippen molar-refractivity contribution < 1.29 is 12.8 Å². The predicted molar refractivity (Wildman–Crippen MR) is 70.6 cm³/mol. The monoisotopic (exact) mass is 286 g/mol. The van der Waals surface area contributed by atoms with E-state index in [4.69, 9.17) is 0 Å². The third-order valence-corrected chi connectivity index (χ3v) is 5.41. The van der Waals surface area contributed by atoms with Gasteiger partial charge in [-0.15, -0.1) is 0 Å². The molecule has 0 amide bonds. The largest absolute Gasteiger partial charge is 0.263 e. The van der Waals surface area contributed by atoms with Gasteiger partial charge in [0.05, 0.1) is 0 Å². The standard InChI is InChI=1S/C13H19FN2O2S/c1-2-4-11-6-9-16(10-7-11)19(17,18)13-12(14)5-3-8-15-13/h3,5,8,11H,2,4,6-7,9-10H2,1H3. The van der Waals surface area contributed by atoms with Gasteiger partial charge in [-0.25, -0.2) is 17.8 Å². The predicted octanol–water partition coefficient (Wildman–Crippen LogP) is 2.42. The van der Waals surface area contributed by atoms with Crippen LogP contribution in [0.4, 0.5) is 4.39 Å². The second-order valence-electron chi connectivity index (χ2n) is 4.93. The first-order valence-electron chi connectivity index (χ1n) is 6.66. The molecule has 0 atom stereocenters. The maximum Gasteiger partial charge on any atom is 0.263 e. The molecule has 1 aliphatic heterocycles. The molecule has 0 unspecified atom stereocenters.